The molecule has 0 aliphatic carbocycles. The maximum Gasteiger partial charge on any atom is 0.390 e. The Morgan fingerprint density at radius 2 is 2.00 bits per heavy atom. The Bertz CT molecular complexity index is 648. The molecule has 1 saturated heterocycles. The lowest BCUT2D eigenvalue weighted by atomic mass is 9.97. The number of rotatable bonds is 3. The van der Waals surface area contributed by atoms with Crippen molar-refractivity contribution >= 4 is 33.2 Å². The lowest BCUT2D eigenvalue weighted by Crippen LogP contribution is -2.35. The second-order valence-electron chi connectivity index (χ2n) is 5.65. The molecule has 1 aromatic heterocycles. The molecule has 1 aliphatic rings. The number of piperidine rings is 1. The predicted molar refractivity (Wildman–Crippen MR) is 83.7 cm³/mol. The average Bonchev–Trinajstić information content (AvgIpc) is 2.88. The lowest BCUT2D eigenvalue weighted by molar-refractivity contribution is -0.138. The van der Waals surface area contributed by atoms with Crippen LogP contribution in [0.1, 0.15) is 30.2 Å². The highest BCUT2D eigenvalue weighted by molar-refractivity contribution is 7.18. The van der Waals surface area contributed by atoms with Crippen LogP contribution >= 0.6 is 22.9 Å². The van der Waals surface area contributed by atoms with E-state index in [4.69, 9.17) is 11.6 Å². The molecule has 22 heavy (non-hydrogen) atoms. The number of hydrogen-bond donors (Lipinski definition) is 0. The topological polar surface area (TPSA) is 16.1 Å². The van der Waals surface area contributed by atoms with E-state index in [2.05, 4.69) is 4.98 Å². The third-order valence-electron chi connectivity index (χ3n) is 4.01. The van der Waals surface area contributed by atoms with Gasteiger partial charge in [0, 0.05) is 17.5 Å². The third kappa shape index (κ3) is 3.91. The number of likely N-dealkylation sites (tertiary alicyclic amines) is 1. The first-order valence-electron chi connectivity index (χ1n) is 7.26. The fourth-order valence-electron chi connectivity index (χ4n) is 2.78. The van der Waals surface area contributed by atoms with E-state index in [-0.39, 0.29) is 6.54 Å². The standard InChI is InChI=1S/C15H16ClF3N2S/c16-11-1-2-13-12(9-11)20-14(22-13)10-3-6-21(7-4-10)8-5-15(17,18)19/h1-2,9-10H,3-8H2. The van der Waals surface area contributed by atoms with E-state index in [1.165, 1.54) is 0 Å². The molecule has 120 valence electrons. The Labute approximate surface area is 135 Å². The maximum absolute atomic E-state index is 12.3. The normalized spacial score (nSPS) is 18.2. The maximum atomic E-state index is 12.3. The lowest BCUT2D eigenvalue weighted by Gasteiger charge is -2.31. The number of hydrogen-bond acceptors (Lipinski definition) is 3. The van der Waals surface area contributed by atoms with Crippen LogP contribution in [0.15, 0.2) is 18.2 Å². The summed E-state index contributed by atoms with van der Waals surface area (Å²) < 4.78 is 37.9. The molecule has 2 heterocycles. The zero-order valence-electron chi connectivity index (χ0n) is 11.9. The van der Waals surface area contributed by atoms with Gasteiger partial charge >= 0.3 is 6.18 Å². The molecule has 0 amide bonds. The quantitative estimate of drug-likeness (QED) is 0.768. The summed E-state index contributed by atoms with van der Waals surface area (Å²) in [6, 6.07) is 5.68. The Balaban J connectivity index is 1.60. The summed E-state index contributed by atoms with van der Waals surface area (Å²) in [7, 11) is 0. The van der Waals surface area contributed by atoms with Crippen molar-refractivity contribution in [3.05, 3.63) is 28.2 Å². The summed E-state index contributed by atoms with van der Waals surface area (Å²) >= 11 is 7.63. The van der Waals surface area contributed by atoms with Crippen LogP contribution in [0.2, 0.25) is 5.02 Å². The zero-order valence-corrected chi connectivity index (χ0v) is 13.4. The molecule has 7 heteroatoms. The molecule has 0 bridgehead atoms. The van der Waals surface area contributed by atoms with Gasteiger partial charge in [0.1, 0.15) is 0 Å². The third-order valence-corrected chi connectivity index (χ3v) is 5.45. The second kappa shape index (κ2) is 6.34. The summed E-state index contributed by atoms with van der Waals surface area (Å²) in [5.74, 6) is 0.346. The van der Waals surface area contributed by atoms with Gasteiger partial charge in [-0.25, -0.2) is 4.98 Å². The van der Waals surface area contributed by atoms with Crippen LogP contribution in [-0.4, -0.2) is 35.7 Å². The Morgan fingerprint density at radius 1 is 1.27 bits per heavy atom. The van der Waals surface area contributed by atoms with Crippen molar-refractivity contribution in [2.75, 3.05) is 19.6 Å². The van der Waals surface area contributed by atoms with E-state index in [0.29, 0.717) is 24.0 Å². The van der Waals surface area contributed by atoms with Gasteiger partial charge < -0.3 is 4.90 Å². The van der Waals surface area contributed by atoms with Gasteiger partial charge in [-0.15, -0.1) is 11.3 Å². The molecule has 0 unspecified atom stereocenters. The number of alkyl halides is 3. The first-order chi connectivity index (χ1) is 10.4. The summed E-state index contributed by atoms with van der Waals surface area (Å²) in [5, 5.41) is 1.75. The SMILES string of the molecule is FC(F)(F)CCN1CCC(c2nc3cc(Cl)ccc3s2)CC1. The molecule has 2 aromatic rings. The molecule has 0 saturated carbocycles. The first kappa shape index (κ1) is 16.0. The summed E-state index contributed by atoms with van der Waals surface area (Å²) in [6.07, 6.45) is -3.06. The van der Waals surface area contributed by atoms with Crippen LogP contribution in [0.3, 0.4) is 0 Å². The molecule has 0 atom stereocenters. The fourth-order valence-corrected chi connectivity index (χ4v) is 4.06. The molecule has 1 fully saturated rings. The molecule has 0 N–H and O–H groups in total. The minimum Gasteiger partial charge on any atom is -0.303 e. The van der Waals surface area contributed by atoms with Crippen molar-refractivity contribution in [2.24, 2.45) is 0 Å². The van der Waals surface area contributed by atoms with Crippen molar-refractivity contribution in [3.8, 4) is 0 Å². The molecule has 2 nitrogen and oxygen atoms in total. The molecule has 0 spiro atoms. The second-order valence-corrected chi connectivity index (χ2v) is 7.14. The van der Waals surface area contributed by atoms with Gasteiger partial charge in [-0.3, -0.25) is 0 Å². The highest BCUT2D eigenvalue weighted by Gasteiger charge is 2.29. The van der Waals surface area contributed by atoms with Gasteiger partial charge in [0.25, 0.3) is 0 Å². The average molecular weight is 349 g/mol. The molecule has 1 aliphatic heterocycles. The predicted octanol–water partition coefficient (Wildman–Crippen LogP) is 5.08. The van der Waals surface area contributed by atoms with E-state index >= 15 is 0 Å². The smallest absolute Gasteiger partial charge is 0.303 e. The molecule has 1 aromatic carbocycles. The minimum atomic E-state index is -4.07. The van der Waals surface area contributed by atoms with E-state index in [9.17, 15) is 13.2 Å². The molecule has 0 radical (unpaired) electrons. The zero-order chi connectivity index (χ0) is 15.7. The van der Waals surface area contributed by atoms with E-state index in [1.807, 2.05) is 23.1 Å². The summed E-state index contributed by atoms with van der Waals surface area (Å²) in [6.45, 7) is 1.51. The molecule has 3 rings (SSSR count). The number of halogens is 4. The molecular weight excluding hydrogens is 333 g/mol. The van der Waals surface area contributed by atoms with Crippen molar-refractivity contribution < 1.29 is 13.2 Å². The Morgan fingerprint density at radius 3 is 2.68 bits per heavy atom. The Kier molecular flexibility index (Phi) is 4.61. The van der Waals surface area contributed by atoms with E-state index in [1.54, 1.807) is 11.3 Å². The van der Waals surface area contributed by atoms with Crippen molar-refractivity contribution in [1.82, 2.24) is 9.88 Å². The number of fused-ring (bicyclic) bond motifs is 1. The fraction of sp³-hybridized carbons (Fsp3) is 0.533. The number of nitrogens with zero attached hydrogens (tertiary/aromatic N) is 2. The number of aromatic nitrogens is 1. The van der Waals surface area contributed by atoms with Crippen LogP contribution in [0.5, 0.6) is 0 Å². The largest absolute Gasteiger partial charge is 0.390 e. The van der Waals surface area contributed by atoms with Gasteiger partial charge in [0.2, 0.25) is 0 Å². The van der Waals surface area contributed by atoms with Gasteiger partial charge in [0.15, 0.2) is 0 Å². The first-order valence-corrected chi connectivity index (χ1v) is 8.45. The van der Waals surface area contributed by atoms with Gasteiger partial charge in [-0.05, 0) is 44.1 Å². The van der Waals surface area contributed by atoms with Crippen molar-refractivity contribution in [1.29, 1.82) is 0 Å². The van der Waals surface area contributed by atoms with Crippen molar-refractivity contribution in [2.45, 2.75) is 31.4 Å². The monoisotopic (exact) mass is 348 g/mol. The highest BCUT2D eigenvalue weighted by atomic mass is 35.5. The van der Waals surface area contributed by atoms with E-state index in [0.717, 1.165) is 28.1 Å². The summed E-state index contributed by atoms with van der Waals surface area (Å²) in [4.78, 5) is 6.54. The summed E-state index contributed by atoms with van der Waals surface area (Å²) in [5.41, 5.74) is 0.909. The highest BCUT2D eigenvalue weighted by Crippen LogP contribution is 2.35. The van der Waals surface area contributed by atoms with Gasteiger partial charge in [-0.1, -0.05) is 11.6 Å². The van der Waals surface area contributed by atoms with Gasteiger partial charge in [0.05, 0.1) is 21.6 Å². The minimum absolute atomic E-state index is 0.103. The van der Waals surface area contributed by atoms with Crippen LogP contribution < -0.4 is 0 Å². The molecular formula is C15H16ClF3N2S. The van der Waals surface area contributed by atoms with Crippen molar-refractivity contribution in [3.63, 3.8) is 0 Å². The Hall–Kier alpha value is -0.850. The van der Waals surface area contributed by atoms with Crippen LogP contribution in [0.25, 0.3) is 10.2 Å². The van der Waals surface area contributed by atoms with Crippen LogP contribution in [-0.2, 0) is 0 Å². The van der Waals surface area contributed by atoms with Crippen LogP contribution in [0, 0.1) is 0 Å². The number of thiazole rings is 1. The van der Waals surface area contributed by atoms with E-state index < -0.39 is 12.6 Å². The van der Waals surface area contributed by atoms with Gasteiger partial charge in [-0.2, -0.15) is 13.2 Å². The van der Waals surface area contributed by atoms with Crippen LogP contribution in [0.4, 0.5) is 13.2 Å². The number of benzene rings is 1.